The Labute approximate surface area is 112 Å². The molecule has 0 aromatic carbocycles. The zero-order chi connectivity index (χ0) is 14.0. The lowest BCUT2D eigenvalue weighted by Crippen LogP contribution is -2.32. The summed E-state index contributed by atoms with van der Waals surface area (Å²) in [5, 5.41) is 3.27. The number of rotatable bonds is 11. The molecule has 0 atom stereocenters. The van der Waals surface area contributed by atoms with Gasteiger partial charge in [-0.15, -0.1) is 0 Å². The van der Waals surface area contributed by atoms with Gasteiger partial charge in [-0.1, -0.05) is 13.8 Å². The first-order chi connectivity index (χ1) is 8.40. The Morgan fingerprint density at radius 2 is 1.94 bits per heavy atom. The molecule has 0 rings (SSSR count). The summed E-state index contributed by atoms with van der Waals surface area (Å²) in [7, 11) is -1.50. The fourth-order valence-electron chi connectivity index (χ4n) is 1.43. The van der Waals surface area contributed by atoms with Gasteiger partial charge in [-0.05, 0) is 26.3 Å². The fraction of sp³-hybridized carbons (Fsp3) is 1.00. The lowest BCUT2D eigenvalue weighted by atomic mass is 10.3. The van der Waals surface area contributed by atoms with Crippen LogP contribution in [-0.2, 0) is 14.8 Å². The Morgan fingerprint density at radius 1 is 1.28 bits per heavy atom. The molecule has 0 unspecified atom stereocenters. The highest BCUT2D eigenvalue weighted by Gasteiger charge is 2.16. The summed E-state index contributed by atoms with van der Waals surface area (Å²) in [5.74, 6) is 0.218. The third kappa shape index (κ3) is 8.85. The third-order valence-electron chi connectivity index (χ3n) is 2.61. The molecule has 0 aliphatic carbocycles. The molecule has 0 aromatic rings. The van der Waals surface area contributed by atoms with Crippen molar-refractivity contribution in [2.45, 2.75) is 39.7 Å². The molecular weight excluding hydrogens is 252 g/mol. The molecule has 0 radical (unpaired) electrons. The summed E-state index contributed by atoms with van der Waals surface area (Å²) < 4.78 is 30.3. The molecule has 0 bridgehead atoms. The molecule has 0 fully saturated rings. The molecule has 6 heteroatoms. The standard InChI is InChI=1S/C12H28N2O3S/c1-5-17-10-9-14(4)18(15,16)11-7-6-8-13-12(2)3/h12-13H,5-11H2,1-4H3. The van der Waals surface area contributed by atoms with Gasteiger partial charge < -0.3 is 10.1 Å². The van der Waals surface area contributed by atoms with E-state index >= 15 is 0 Å². The van der Waals surface area contributed by atoms with Gasteiger partial charge in [0.25, 0.3) is 0 Å². The van der Waals surface area contributed by atoms with E-state index in [0.717, 1.165) is 13.0 Å². The van der Waals surface area contributed by atoms with Crippen molar-refractivity contribution in [1.29, 1.82) is 0 Å². The van der Waals surface area contributed by atoms with Crippen LogP contribution < -0.4 is 5.32 Å². The summed E-state index contributed by atoms with van der Waals surface area (Å²) in [4.78, 5) is 0. The van der Waals surface area contributed by atoms with Gasteiger partial charge in [0.15, 0.2) is 0 Å². The second kappa shape index (κ2) is 9.72. The zero-order valence-electron chi connectivity index (χ0n) is 12.1. The number of sulfonamides is 1. The van der Waals surface area contributed by atoms with Gasteiger partial charge in [-0.25, -0.2) is 12.7 Å². The summed E-state index contributed by atoms with van der Waals surface area (Å²) in [6.07, 6.45) is 1.58. The van der Waals surface area contributed by atoms with E-state index in [1.54, 1.807) is 7.05 Å². The van der Waals surface area contributed by atoms with Crippen molar-refractivity contribution < 1.29 is 13.2 Å². The molecule has 18 heavy (non-hydrogen) atoms. The molecule has 0 aromatic heterocycles. The molecule has 110 valence electrons. The highest BCUT2D eigenvalue weighted by molar-refractivity contribution is 7.89. The number of unbranched alkanes of at least 4 members (excludes halogenated alkanes) is 1. The maximum absolute atomic E-state index is 11.9. The van der Waals surface area contributed by atoms with E-state index in [1.165, 1.54) is 4.31 Å². The number of hydrogen-bond donors (Lipinski definition) is 1. The van der Waals surface area contributed by atoms with E-state index in [-0.39, 0.29) is 5.75 Å². The van der Waals surface area contributed by atoms with Crippen LogP contribution in [0.5, 0.6) is 0 Å². The van der Waals surface area contributed by atoms with Gasteiger partial charge in [0.05, 0.1) is 12.4 Å². The average molecular weight is 280 g/mol. The summed E-state index contributed by atoms with van der Waals surface area (Å²) in [6, 6.07) is 0.454. The molecule has 5 nitrogen and oxygen atoms in total. The second-order valence-corrected chi connectivity index (χ2v) is 6.85. The minimum atomic E-state index is -3.12. The summed E-state index contributed by atoms with van der Waals surface area (Å²) in [6.45, 7) is 8.44. The van der Waals surface area contributed by atoms with Crippen molar-refractivity contribution in [3.05, 3.63) is 0 Å². The normalized spacial score (nSPS) is 12.6. The van der Waals surface area contributed by atoms with Crippen LogP contribution in [0.4, 0.5) is 0 Å². The number of likely N-dealkylation sites (N-methyl/N-ethyl adjacent to an activating group) is 1. The Bertz CT molecular complexity index is 292. The van der Waals surface area contributed by atoms with E-state index in [1.807, 2.05) is 6.92 Å². The largest absolute Gasteiger partial charge is 0.380 e. The van der Waals surface area contributed by atoms with Crippen molar-refractivity contribution in [2.24, 2.45) is 0 Å². The lowest BCUT2D eigenvalue weighted by molar-refractivity contribution is 0.138. The van der Waals surface area contributed by atoms with Gasteiger partial charge in [0.1, 0.15) is 0 Å². The molecule has 0 aliphatic heterocycles. The quantitative estimate of drug-likeness (QED) is 0.575. The van der Waals surface area contributed by atoms with Crippen LogP contribution in [0.2, 0.25) is 0 Å². The second-order valence-electron chi connectivity index (χ2n) is 4.65. The van der Waals surface area contributed by atoms with E-state index in [9.17, 15) is 8.42 Å². The first kappa shape index (κ1) is 17.8. The van der Waals surface area contributed by atoms with E-state index in [0.29, 0.717) is 32.2 Å². The maximum atomic E-state index is 11.9. The van der Waals surface area contributed by atoms with Gasteiger partial charge in [0, 0.05) is 26.2 Å². The predicted molar refractivity (Wildman–Crippen MR) is 75.3 cm³/mol. The molecular formula is C12H28N2O3S. The molecule has 0 spiro atoms. The molecule has 0 heterocycles. The van der Waals surface area contributed by atoms with Crippen molar-refractivity contribution in [3.8, 4) is 0 Å². The number of hydrogen-bond acceptors (Lipinski definition) is 4. The predicted octanol–water partition coefficient (Wildman–Crippen LogP) is 1.06. The van der Waals surface area contributed by atoms with E-state index < -0.39 is 10.0 Å². The topological polar surface area (TPSA) is 58.6 Å². The maximum Gasteiger partial charge on any atom is 0.213 e. The monoisotopic (exact) mass is 280 g/mol. The molecule has 0 saturated carbocycles. The van der Waals surface area contributed by atoms with Crippen LogP contribution in [0.25, 0.3) is 0 Å². The lowest BCUT2D eigenvalue weighted by Gasteiger charge is -2.17. The Hall–Kier alpha value is -0.170. The Kier molecular flexibility index (Phi) is 9.63. The smallest absolute Gasteiger partial charge is 0.213 e. The van der Waals surface area contributed by atoms with Crippen molar-refractivity contribution >= 4 is 10.0 Å². The summed E-state index contributed by atoms with van der Waals surface area (Å²) in [5.41, 5.74) is 0. The Morgan fingerprint density at radius 3 is 2.50 bits per heavy atom. The first-order valence-corrected chi connectivity index (χ1v) is 8.26. The summed E-state index contributed by atoms with van der Waals surface area (Å²) >= 11 is 0. The molecule has 1 N–H and O–H groups in total. The van der Waals surface area contributed by atoms with Gasteiger partial charge in [-0.2, -0.15) is 0 Å². The third-order valence-corrected chi connectivity index (χ3v) is 4.55. The van der Waals surface area contributed by atoms with E-state index in [2.05, 4.69) is 19.2 Å². The highest BCUT2D eigenvalue weighted by Crippen LogP contribution is 2.02. The van der Waals surface area contributed by atoms with Gasteiger partial charge >= 0.3 is 0 Å². The van der Waals surface area contributed by atoms with Crippen LogP contribution in [-0.4, -0.2) is 57.9 Å². The molecule has 0 amide bonds. The molecule has 0 aliphatic rings. The number of nitrogens with one attached hydrogen (secondary N) is 1. The zero-order valence-corrected chi connectivity index (χ0v) is 12.9. The minimum absolute atomic E-state index is 0.218. The van der Waals surface area contributed by atoms with Crippen LogP contribution in [0.15, 0.2) is 0 Å². The number of ether oxygens (including phenoxy) is 1. The highest BCUT2D eigenvalue weighted by atomic mass is 32.2. The van der Waals surface area contributed by atoms with Crippen molar-refractivity contribution in [2.75, 3.05) is 39.1 Å². The Balaban J connectivity index is 3.78. The van der Waals surface area contributed by atoms with Crippen molar-refractivity contribution in [1.82, 2.24) is 9.62 Å². The SMILES string of the molecule is CCOCCN(C)S(=O)(=O)CCCCNC(C)C. The first-order valence-electron chi connectivity index (χ1n) is 6.65. The minimum Gasteiger partial charge on any atom is -0.380 e. The van der Waals surface area contributed by atoms with Crippen LogP contribution in [0, 0.1) is 0 Å². The van der Waals surface area contributed by atoms with Gasteiger partial charge in [-0.3, -0.25) is 0 Å². The van der Waals surface area contributed by atoms with Crippen LogP contribution in [0.3, 0.4) is 0 Å². The number of nitrogens with zero attached hydrogens (tertiary/aromatic N) is 1. The van der Waals surface area contributed by atoms with E-state index in [4.69, 9.17) is 4.74 Å². The van der Waals surface area contributed by atoms with Crippen molar-refractivity contribution in [3.63, 3.8) is 0 Å². The average Bonchev–Trinajstić information content (AvgIpc) is 2.28. The van der Waals surface area contributed by atoms with Crippen LogP contribution in [0.1, 0.15) is 33.6 Å². The van der Waals surface area contributed by atoms with Crippen LogP contribution >= 0.6 is 0 Å². The fourth-order valence-corrected chi connectivity index (χ4v) is 2.67. The van der Waals surface area contributed by atoms with Gasteiger partial charge in [0.2, 0.25) is 10.0 Å². The molecule has 0 saturated heterocycles.